The standard InChI is InChI=1S/C34H37N3O6S/c1-33(2,3)42-31-28(20-35-32(36-31)43-34(4,5)6)24-18-26(30(40-7)27(19-24)29-10-9-15-41-29)23-12-11-22-17-25(37-44(8,38)39)14-13-21(22)16-23/h9-20,37H,1-8H3. The Hall–Kier alpha value is -4.57. The summed E-state index contributed by atoms with van der Waals surface area (Å²) in [6, 6.07) is 19.3. The molecule has 10 heteroatoms. The van der Waals surface area contributed by atoms with E-state index in [0.29, 0.717) is 28.6 Å². The molecule has 0 radical (unpaired) electrons. The summed E-state index contributed by atoms with van der Waals surface area (Å²) >= 11 is 0. The van der Waals surface area contributed by atoms with E-state index in [1.54, 1.807) is 31.7 Å². The second-order valence-electron chi connectivity index (χ2n) is 12.5. The Morgan fingerprint density at radius 2 is 1.48 bits per heavy atom. The maximum atomic E-state index is 11.7. The van der Waals surface area contributed by atoms with Crippen molar-refractivity contribution in [2.75, 3.05) is 18.1 Å². The average molecular weight is 616 g/mol. The zero-order valence-corrected chi connectivity index (χ0v) is 27.0. The van der Waals surface area contributed by atoms with Crippen LogP contribution in [0.15, 0.2) is 77.5 Å². The van der Waals surface area contributed by atoms with Crippen molar-refractivity contribution in [1.82, 2.24) is 9.97 Å². The quantitative estimate of drug-likeness (QED) is 0.187. The lowest BCUT2D eigenvalue weighted by atomic mass is 9.93. The van der Waals surface area contributed by atoms with Crippen molar-refractivity contribution < 1.29 is 27.0 Å². The fourth-order valence-electron chi connectivity index (χ4n) is 4.76. The van der Waals surface area contributed by atoms with Crippen molar-refractivity contribution >= 4 is 26.5 Å². The molecule has 0 amide bonds. The molecule has 0 atom stereocenters. The van der Waals surface area contributed by atoms with Gasteiger partial charge in [-0.3, -0.25) is 4.72 Å². The first-order chi connectivity index (χ1) is 20.6. The fourth-order valence-corrected chi connectivity index (χ4v) is 5.32. The van der Waals surface area contributed by atoms with E-state index in [4.69, 9.17) is 18.6 Å². The number of furan rings is 1. The molecule has 2 heterocycles. The lowest BCUT2D eigenvalue weighted by molar-refractivity contribution is 0.103. The lowest BCUT2D eigenvalue weighted by Crippen LogP contribution is -2.26. The van der Waals surface area contributed by atoms with Crippen LogP contribution in [0, 0.1) is 0 Å². The summed E-state index contributed by atoms with van der Waals surface area (Å²) in [6.45, 7) is 11.7. The molecule has 0 bridgehead atoms. The van der Waals surface area contributed by atoms with E-state index >= 15 is 0 Å². The SMILES string of the molecule is COc1c(-c2ccc3cc(NS(C)(=O)=O)ccc3c2)cc(-c2cnc(OC(C)(C)C)nc2OC(C)(C)C)cc1-c1ccco1. The van der Waals surface area contributed by atoms with Gasteiger partial charge >= 0.3 is 6.01 Å². The molecule has 0 saturated carbocycles. The summed E-state index contributed by atoms with van der Waals surface area (Å²) in [7, 11) is -1.76. The normalized spacial score (nSPS) is 12.3. The Bertz CT molecular complexity index is 1920. The van der Waals surface area contributed by atoms with Gasteiger partial charge in [0, 0.05) is 17.4 Å². The maximum Gasteiger partial charge on any atom is 0.320 e. The smallest absolute Gasteiger partial charge is 0.320 e. The molecule has 3 aromatic carbocycles. The number of nitrogens with zero attached hydrogens (tertiary/aromatic N) is 2. The monoisotopic (exact) mass is 615 g/mol. The van der Waals surface area contributed by atoms with Gasteiger partial charge in [-0.25, -0.2) is 13.4 Å². The molecule has 0 unspecified atom stereocenters. The second kappa shape index (κ2) is 11.5. The van der Waals surface area contributed by atoms with E-state index in [1.807, 2.05) is 90.1 Å². The van der Waals surface area contributed by atoms with Crippen LogP contribution in [0.4, 0.5) is 5.69 Å². The molecule has 0 aliphatic carbocycles. The van der Waals surface area contributed by atoms with Gasteiger partial charge in [0.15, 0.2) is 0 Å². The molecule has 0 spiro atoms. The molecule has 230 valence electrons. The molecule has 0 fully saturated rings. The van der Waals surface area contributed by atoms with Gasteiger partial charge in [-0.2, -0.15) is 4.98 Å². The van der Waals surface area contributed by atoms with Gasteiger partial charge in [0.05, 0.1) is 30.8 Å². The minimum Gasteiger partial charge on any atom is -0.495 e. The number of nitrogens with one attached hydrogen (secondary N) is 1. The van der Waals surface area contributed by atoms with Gasteiger partial charge in [0.2, 0.25) is 15.9 Å². The Morgan fingerprint density at radius 1 is 0.795 bits per heavy atom. The van der Waals surface area contributed by atoms with Gasteiger partial charge < -0.3 is 18.6 Å². The minimum absolute atomic E-state index is 0.222. The predicted molar refractivity (Wildman–Crippen MR) is 174 cm³/mol. The zero-order valence-electron chi connectivity index (χ0n) is 26.2. The number of rotatable bonds is 8. The minimum atomic E-state index is -3.39. The van der Waals surface area contributed by atoms with E-state index in [0.717, 1.165) is 39.3 Å². The summed E-state index contributed by atoms with van der Waals surface area (Å²) in [5.41, 5.74) is 3.39. The molecule has 0 saturated heterocycles. The summed E-state index contributed by atoms with van der Waals surface area (Å²) in [5.74, 6) is 1.65. The summed E-state index contributed by atoms with van der Waals surface area (Å²) in [6.07, 6.45) is 4.46. The largest absolute Gasteiger partial charge is 0.495 e. The fraction of sp³-hybridized carbons (Fsp3) is 0.294. The Kier molecular flexibility index (Phi) is 8.07. The Morgan fingerprint density at radius 3 is 2.11 bits per heavy atom. The highest BCUT2D eigenvalue weighted by Gasteiger charge is 2.24. The number of fused-ring (bicyclic) bond motifs is 1. The van der Waals surface area contributed by atoms with Crippen LogP contribution in [-0.2, 0) is 10.0 Å². The first-order valence-electron chi connectivity index (χ1n) is 14.1. The highest BCUT2D eigenvalue weighted by molar-refractivity contribution is 7.92. The van der Waals surface area contributed by atoms with Crippen molar-refractivity contribution in [2.45, 2.75) is 52.7 Å². The summed E-state index contributed by atoms with van der Waals surface area (Å²) < 4.78 is 50.2. The van der Waals surface area contributed by atoms with Crippen molar-refractivity contribution in [3.05, 3.63) is 73.1 Å². The molecule has 2 aromatic heterocycles. The predicted octanol–water partition coefficient (Wildman–Crippen LogP) is 7.96. The number of methoxy groups -OCH3 is 1. The molecule has 44 heavy (non-hydrogen) atoms. The van der Waals surface area contributed by atoms with Crippen LogP contribution in [-0.4, -0.2) is 43.0 Å². The third-order valence-corrected chi connectivity index (χ3v) is 6.98. The third-order valence-electron chi connectivity index (χ3n) is 6.38. The molecule has 5 rings (SSSR count). The highest BCUT2D eigenvalue weighted by Crippen LogP contribution is 2.45. The number of hydrogen-bond acceptors (Lipinski definition) is 8. The molecular formula is C34H37N3O6S. The van der Waals surface area contributed by atoms with Crippen LogP contribution in [0.5, 0.6) is 17.6 Å². The van der Waals surface area contributed by atoms with E-state index in [-0.39, 0.29) is 6.01 Å². The zero-order chi connectivity index (χ0) is 31.9. The topological polar surface area (TPSA) is 113 Å². The number of hydrogen-bond donors (Lipinski definition) is 1. The molecule has 0 aliphatic rings. The van der Waals surface area contributed by atoms with Gasteiger partial charge in [-0.15, -0.1) is 0 Å². The van der Waals surface area contributed by atoms with Crippen LogP contribution >= 0.6 is 0 Å². The Labute approximate surface area is 258 Å². The van der Waals surface area contributed by atoms with Crippen molar-refractivity contribution in [3.8, 4) is 51.2 Å². The van der Waals surface area contributed by atoms with Crippen molar-refractivity contribution in [2.24, 2.45) is 0 Å². The van der Waals surface area contributed by atoms with E-state index < -0.39 is 21.2 Å². The van der Waals surface area contributed by atoms with Gasteiger partial charge in [-0.1, -0.05) is 18.2 Å². The average Bonchev–Trinajstić information content (AvgIpc) is 3.44. The number of anilines is 1. The van der Waals surface area contributed by atoms with Crippen LogP contribution in [0.25, 0.3) is 44.3 Å². The first kappa shape index (κ1) is 30.9. The first-order valence-corrected chi connectivity index (χ1v) is 16.0. The van der Waals surface area contributed by atoms with E-state index in [2.05, 4.69) is 14.7 Å². The molecular weight excluding hydrogens is 578 g/mol. The van der Waals surface area contributed by atoms with E-state index in [1.165, 1.54) is 0 Å². The number of benzene rings is 3. The van der Waals surface area contributed by atoms with Crippen molar-refractivity contribution in [3.63, 3.8) is 0 Å². The third kappa shape index (κ3) is 7.31. The van der Waals surface area contributed by atoms with Gasteiger partial charge in [-0.05, 0) is 106 Å². The van der Waals surface area contributed by atoms with Crippen LogP contribution in [0.3, 0.4) is 0 Å². The maximum absolute atomic E-state index is 11.7. The molecule has 5 aromatic rings. The number of aromatic nitrogens is 2. The molecule has 9 nitrogen and oxygen atoms in total. The summed E-state index contributed by atoms with van der Waals surface area (Å²) in [4.78, 5) is 9.20. The number of sulfonamides is 1. The van der Waals surface area contributed by atoms with Crippen molar-refractivity contribution in [1.29, 1.82) is 0 Å². The Balaban J connectivity index is 1.71. The van der Waals surface area contributed by atoms with Gasteiger partial charge in [0.1, 0.15) is 22.7 Å². The molecule has 1 N–H and O–H groups in total. The van der Waals surface area contributed by atoms with E-state index in [9.17, 15) is 8.42 Å². The van der Waals surface area contributed by atoms with Gasteiger partial charge in [0.25, 0.3) is 0 Å². The summed E-state index contributed by atoms with van der Waals surface area (Å²) in [5, 5.41) is 1.81. The highest BCUT2D eigenvalue weighted by atomic mass is 32.2. The van der Waals surface area contributed by atoms with Crippen LogP contribution in [0.2, 0.25) is 0 Å². The van der Waals surface area contributed by atoms with Crippen LogP contribution in [0.1, 0.15) is 41.5 Å². The second-order valence-corrected chi connectivity index (χ2v) is 14.3. The lowest BCUT2D eigenvalue weighted by Gasteiger charge is -2.24. The number of ether oxygens (including phenoxy) is 3. The van der Waals surface area contributed by atoms with Crippen LogP contribution < -0.4 is 18.9 Å². The molecule has 0 aliphatic heterocycles.